The zero-order valence-electron chi connectivity index (χ0n) is 10.7. The van der Waals surface area contributed by atoms with E-state index in [-0.39, 0.29) is 6.03 Å². The average Bonchev–Trinajstić information content (AvgIpc) is 2.28. The molecule has 0 aromatic rings. The fourth-order valence-corrected chi connectivity index (χ4v) is 1.20. The number of urea groups is 1. The van der Waals surface area contributed by atoms with Gasteiger partial charge in [-0.1, -0.05) is 6.92 Å². The van der Waals surface area contributed by atoms with Crippen molar-refractivity contribution in [3.05, 3.63) is 0 Å². The quantitative estimate of drug-likeness (QED) is 0.620. The van der Waals surface area contributed by atoms with Crippen LogP contribution in [0.4, 0.5) is 4.79 Å². The maximum Gasteiger partial charge on any atom is 0.317 e. The Bertz CT molecular complexity index is 246. The van der Waals surface area contributed by atoms with Crippen molar-refractivity contribution in [2.24, 2.45) is 5.92 Å². The van der Waals surface area contributed by atoms with E-state index in [1.807, 2.05) is 0 Å². The third-order valence-corrected chi connectivity index (χ3v) is 2.46. The van der Waals surface area contributed by atoms with Crippen LogP contribution in [0.2, 0.25) is 0 Å². The standard InChI is InChI=1S/C11H22N2O4/c1-9(10(14)15)5-6-12-11(16)13(2)7-4-8-17-3/h9H,4-8H2,1-3H3,(H,12,16)(H,14,15). The van der Waals surface area contributed by atoms with Gasteiger partial charge in [0.05, 0.1) is 5.92 Å². The number of rotatable bonds is 8. The highest BCUT2D eigenvalue weighted by Gasteiger charge is 2.12. The van der Waals surface area contributed by atoms with Crippen molar-refractivity contribution in [1.82, 2.24) is 10.2 Å². The first-order valence-electron chi connectivity index (χ1n) is 5.69. The number of hydrogen-bond donors (Lipinski definition) is 2. The minimum atomic E-state index is -0.840. The normalized spacial score (nSPS) is 11.9. The number of amides is 2. The fourth-order valence-electron chi connectivity index (χ4n) is 1.20. The topological polar surface area (TPSA) is 78.9 Å². The van der Waals surface area contributed by atoms with Crippen molar-refractivity contribution < 1.29 is 19.4 Å². The molecule has 0 aromatic carbocycles. The van der Waals surface area contributed by atoms with E-state index in [9.17, 15) is 9.59 Å². The zero-order chi connectivity index (χ0) is 13.3. The van der Waals surface area contributed by atoms with Gasteiger partial charge in [-0.2, -0.15) is 0 Å². The van der Waals surface area contributed by atoms with Crippen LogP contribution >= 0.6 is 0 Å². The number of carbonyl (C=O) groups is 2. The predicted octanol–water partition coefficient (Wildman–Crippen LogP) is 0.775. The molecule has 0 bridgehead atoms. The first kappa shape index (κ1) is 15.7. The summed E-state index contributed by atoms with van der Waals surface area (Å²) in [5.74, 6) is -1.28. The molecule has 0 rings (SSSR count). The van der Waals surface area contributed by atoms with Crippen LogP contribution in [-0.4, -0.2) is 55.9 Å². The average molecular weight is 246 g/mol. The van der Waals surface area contributed by atoms with E-state index in [1.54, 1.807) is 26.0 Å². The molecule has 6 nitrogen and oxygen atoms in total. The summed E-state index contributed by atoms with van der Waals surface area (Å²) in [6.45, 7) is 3.24. The van der Waals surface area contributed by atoms with E-state index in [0.29, 0.717) is 26.1 Å². The van der Waals surface area contributed by atoms with Crippen LogP contribution in [0.5, 0.6) is 0 Å². The number of carbonyl (C=O) groups excluding carboxylic acids is 1. The molecule has 0 aliphatic carbocycles. The molecule has 1 unspecified atom stereocenters. The van der Waals surface area contributed by atoms with Gasteiger partial charge in [0, 0.05) is 33.9 Å². The summed E-state index contributed by atoms with van der Waals surface area (Å²) >= 11 is 0. The second kappa shape index (κ2) is 8.81. The number of nitrogens with one attached hydrogen (secondary N) is 1. The highest BCUT2D eigenvalue weighted by molar-refractivity contribution is 5.74. The van der Waals surface area contributed by atoms with Crippen LogP contribution in [0.3, 0.4) is 0 Å². The van der Waals surface area contributed by atoms with Crippen LogP contribution in [0, 0.1) is 5.92 Å². The largest absolute Gasteiger partial charge is 0.481 e. The monoisotopic (exact) mass is 246 g/mol. The van der Waals surface area contributed by atoms with E-state index >= 15 is 0 Å². The first-order chi connectivity index (χ1) is 7.99. The smallest absolute Gasteiger partial charge is 0.317 e. The minimum absolute atomic E-state index is 0.182. The van der Waals surface area contributed by atoms with Crippen LogP contribution in [-0.2, 0) is 9.53 Å². The molecule has 0 saturated heterocycles. The first-order valence-corrected chi connectivity index (χ1v) is 5.69. The van der Waals surface area contributed by atoms with Gasteiger partial charge in [-0.05, 0) is 12.8 Å². The number of carboxylic acids is 1. The number of hydrogen-bond acceptors (Lipinski definition) is 3. The summed E-state index contributed by atoms with van der Waals surface area (Å²) in [5, 5.41) is 11.3. The van der Waals surface area contributed by atoms with Gasteiger partial charge in [0.15, 0.2) is 0 Å². The van der Waals surface area contributed by atoms with Crippen molar-refractivity contribution >= 4 is 12.0 Å². The van der Waals surface area contributed by atoms with Gasteiger partial charge in [0.2, 0.25) is 0 Å². The van der Waals surface area contributed by atoms with Gasteiger partial charge in [-0.3, -0.25) is 4.79 Å². The molecular weight excluding hydrogens is 224 g/mol. The van der Waals surface area contributed by atoms with Crippen LogP contribution in [0.25, 0.3) is 0 Å². The molecule has 0 spiro atoms. The molecule has 0 radical (unpaired) electrons. The zero-order valence-corrected chi connectivity index (χ0v) is 10.7. The molecule has 0 fully saturated rings. The van der Waals surface area contributed by atoms with Gasteiger partial charge >= 0.3 is 12.0 Å². The fraction of sp³-hybridized carbons (Fsp3) is 0.818. The Morgan fingerprint density at radius 1 is 1.47 bits per heavy atom. The molecule has 0 aliphatic rings. The Labute approximate surface area is 102 Å². The number of nitrogens with zero attached hydrogens (tertiary/aromatic N) is 1. The van der Waals surface area contributed by atoms with E-state index < -0.39 is 11.9 Å². The maximum absolute atomic E-state index is 11.5. The lowest BCUT2D eigenvalue weighted by atomic mass is 10.1. The molecule has 6 heteroatoms. The molecule has 0 saturated carbocycles. The number of methoxy groups -OCH3 is 1. The van der Waals surface area contributed by atoms with E-state index in [2.05, 4.69) is 5.32 Å². The summed E-state index contributed by atoms with van der Waals surface area (Å²) in [7, 11) is 3.32. The Morgan fingerprint density at radius 3 is 2.65 bits per heavy atom. The van der Waals surface area contributed by atoms with E-state index in [4.69, 9.17) is 9.84 Å². The van der Waals surface area contributed by atoms with Crippen molar-refractivity contribution in [3.63, 3.8) is 0 Å². The summed E-state index contributed by atoms with van der Waals surface area (Å²) in [4.78, 5) is 23.6. The van der Waals surface area contributed by atoms with Gasteiger partial charge in [-0.25, -0.2) is 4.79 Å². The van der Waals surface area contributed by atoms with Crippen molar-refractivity contribution in [1.29, 1.82) is 0 Å². The number of ether oxygens (including phenoxy) is 1. The SMILES string of the molecule is COCCCN(C)C(=O)NCCC(C)C(=O)O. The van der Waals surface area contributed by atoms with Crippen molar-refractivity contribution in [3.8, 4) is 0 Å². The lowest BCUT2D eigenvalue weighted by Crippen LogP contribution is -2.39. The summed E-state index contributed by atoms with van der Waals surface area (Å²) in [5.41, 5.74) is 0. The lowest BCUT2D eigenvalue weighted by Gasteiger charge is -2.18. The minimum Gasteiger partial charge on any atom is -0.481 e. The third kappa shape index (κ3) is 7.57. The van der Waals surface area contributed by atoms with Crippen LogP contribution in [0.1, 0.15) is 19.8 Å². The summed E-state index contributed by atoms with van der Waals surface area (Å²) in [6, 6.07) is -0.182. The Morgan fingerprint density at radius 2 is 2.12 bits per heavy atom. The summed E-state index contributed by atoms with van der Waals surface area (Å²) in [6.07, 6.45) is 1.22. The third-order valence-electron chi connectivity index (χ3n) is 2.46. The molecule has 2 N–H and O–H groups in total. The van der Waals surface area contributed by atoms with Gasteiger partial charge < -0.3 is 20.1 Å². The van der Waals surface area contributed by atoms with Crippen molar-refractivity contribution in [2.75, 3.05) is 33.9 Å². The number of aliphatic carboxylic acids is 1. The Hall–Kier alpha value is -1.30. The molecular formula is C11H22N2O4. The highest BCUT2D eigenvalue weighted by atomic mass is 16.5. The van der Waals surface area contributed by atoms with Gasteiger partial charge in [-0.15, -0.1) is 0 Å². The number of carboxylic acid groups (broad SMARTS) is 1. The second-order valence-corrected chi connectivity index (χ2v) is 4.03. The van der Waals surface area contributed by atoms with Crippen molar-refractivity contribution in [2.45, 2.75) is 19.8 Å². The second-order valence-electron chi connectivity index (χ2n) is 4.03. The van der Waals surface area contributed by atoms with Crippen LogP contribution < -0.4 is 5.32 Å². The Balaban J connectivity index is 3.67. The lowest BCUT2D eigenvalue weighted by molar-refractivity contribution is -0.141. The molecule has 1 atom stereocenters. The van der Waals surface area contributed by atoms with Gasteiger partial charge in [0.1, 0.15) is 0 Å². The molecule has 17 heavy (non-hydrogen) atoms. The molecule has 0 aliphatic heterocycles. The maximum atomic E-state index is 11.5. The molecule has 100 valence electrons. The van der Waals surface area contributed by atoms with Crippen LogP contribution in [0.15, 0.2) is 0 Å². The molecule has 0 heterocycles. The Kier molecular flexibility index (Phi) is 8.13. The molecule has 2 amide bonds. The predicted molar refractivity (Wildman–Crippen MR) is 63.9 cm³/mol. The van der Waals surface area contributed by atoms with E-state index in [0.717, 1.165) is 6.42 Å². The highest BCUT2D eigenvalue weighted by Crippen LogP contribution is 1.99. The summed E-state index contributed by atoms with van der Waals surface area (Å²) < 4.78 is 4.89. The molecule has 0 aromatic heterocycles. The van der Waals surface area contributed by atoms with E-state index in [1.165, 1.54) is 0 Å². The van der Waals surface area contributed by atoms with Gasteiger partial charge in [0.25, 0.3) is 0 Å².